The Morgan fingerprint density at radius 1 is 1.30 bits per heavy atom. The second-order valence-corrected chi connectivity index (χ2v) is 11.4. The monoisotopic (exact) mass is 478 g/mol. The summed E-state index contributed by atoms with van der Waals surface area (Å²) in [7, 11) is 0. The summed E-state index contributed by atoms with van der Waals surface area (Å²) >= 11 is 1.62. The third kappa shape index (κ3) is 4.48. The number of β-amino-alcohol motifs (C(OH)–C–C–N with tert-alkyl or cyclic N) is 1. The zero-order valence-corrected chi connectivity index (χ0v) is 20.8. The van der Waals surface area contributed by atoms with E-state index in [9.17, 15) is 19.5 Å². The van der Waals surface area contributed by atoms with Crippen LogP contribution in [0, 0.1) is 11.8 Å². The smallest absolute Gasteiger partial charge is 0.311 e. The molecule has 7 nitrogen and oxygen atoms in total. The molecule has 0 aromatic heterocycles. The van der Waals surface area contributed by atoms with Gasteiger partial charge in [0.1, 0.15) is 6.04 Å². The van der Waals surface area contributed by atoms with Crippen LogP contribution in [-0.2, 0) is 19.1 Å². The molecule has 184 valence electrons. The molecule has 1 spiro atoms. The first kappa shape index (κ1) is 25.8. The van der Waals surface area contributed by atoms with Crippen LogP contribution < -0.4 is 0 Å². The zero-order chi connectivity index (χ0) is 24.2. The van der Waals surface area contributed by atoms with Gasteiger partial charge in [0.15, 0.2) is 0 Å². The van der Waals surface area contributed by atoms with Crippen LogP contribution in [0.15, 0.2) is 25.3 Å². The molecule has 3 aliphatic rings. The molecule has 5 atom stereocenters. The van der Waals surface area contributed by atoms with Gasteiger partial charge in [-0.15, -0.1) is 24.9 Å². The zero-order valence-electron chi connectivity index (χ0n) is 20.0. The maximum Gasteiger partial charge on any atom is 0.311 e. The topological polar surface area (TPSA) is 87.1 Å². The molecular weight excluding hydrogens is 440 g/mol. The Labute approximate surface area is 201 Å². The van der Waals surface area contributed by atoms with Crippen LogP contribution in [0.25, 0.3) is 0 Å². The number of rotatable bonds is 13. The van der Waals surface area contributed by atoms with E-state index in [0.29, 0.717) is 25.9 Å². The van der Waals surface area contributed by atoms with E-state index >= 15 is 0 Å². The predicted molar refractivity (Wildman–Crippen MR) is 130 cm³/mol. The fourth-order valence-electron chi connectivity index (χ4n) is 5.92. The van der Waals surface area contributed by atoms with Gasteiger partial charge in [-0.05, 0) is 32.6 Å². The highest BCUT2D eigenvalue weighted by Crippen LogP contribution is 2.71. The van der Waals surface area contributed by atoms with Gasteiger partial charge in [-0.25, -0.2) is 0 Å². The van der Waals surface area contributed by atoms with Gasteiger partial charge in [-0.2, -0.15) is 0 Å². The van der Waals surface area contributed by atoms with Gasteiger partial charge in [0, 0.05) is 24.4 Å². The second kappa shape index (κ2) is 10.6. The van der Waals surface area contributed by atoms with Gasteiger partial charge < -0.3 is 19.6 Å². The Kier molecular flexibility index (Phi) is 8.32. The number of thioether (sulfide) groups is 1. The number of unbranched alkanes of at least 4 members (excludes halogenated alkanes) is 2. The van der Waals surface area contributed by atoms with Crippen LogP contribution in [-0.4, -0.2) is 81.1 Å². The Hall–Kier alpha value is -1.80. The summed E-state index contributed by atoms with van der Waals surface area (Å²) in [5.41, 5.74) is 0. The molecular formula is C25H38N2O5S. The van der Waals surface area contributed by atoms with Crippen LogP contribution in [0.2, 0.25) is 0 Å². The molecule has 3 rings (SSSR count). The molecule has 1 N–H and O–H groups in total. The van der Waals surface area contributed by atoms with Crippen molar-refractivity contribution in [2.75, 3.05) is 32.8 Å². The Morgan fingerprint density at radius 2 is 2.06 bits per heavy atom. The molecule has 3 fully saturated rings. The highest BCUT2D eigenvalue weighted by molar-refractivity contribution is 8.02. The molecule has 3 heterocycles. The van der Waals surface area contributed by atoms with E-state index in [1.165, 1.54) is 4.90 Å². The molecule has 33 heavy (non-hydrogen) atoms. The third-order valence-electron chi connectivity index (χ3n) is 7.36. The lowest BCUT2D eigenvalue weighted by atomic mass is 9.66. The quantitative estimate of drug-likeness (QED) is 0.249. The number of ether oxygens (including phenoxy) is 1. The lowest BCUT2D eigenvalue weighted by Gasteiger charge is -2.37. The van der Waals surface area contributed by atoms with Crippen molar-refractivity contribution in [3.63, 3.8) is 0 Å². The molecule has 0 radical (unpaired) electrons. The summed E-state index contributed by atoms with van der Waals surface area (Å²) < 4.78 is 4.41. The molecule has 3 saturated heterocycles. The van der Waals surface area contributed by atoms with E-state index in [4.69, 9.17) is 4.74 Å². The minimum Gasteiger partial charge on any atom is -0.465 e. The molecule has 2 bridgehead atoms. The standard InChI is InChI=1S/C25H38N2O5S/c1-5-8-10-14-26(13-7-3)22(30)20-25-12-11-24(4,33-25)19(23(31)32-17-9-6-2)18(25)21(29)27(20)15-16-28/h6-7,18-20,28H,2-3,5,8-17H2,1,4H3/t18-,19-,20?,24+,25?/m0/s1. The molecule has 2 amide bonds. The van der Waals surface area contributed by atoms with Gasteiger partial charge in [0.05, 0.1) is 29.8 Å². The van der Waals surface area contributed by atoms with Crippen LogP contribution >= 0.6 is 11.8 Å². The molecule has 0 aromatic carbocycles. The van der Waals surface area contributed by atoms with Crippen molar-refractivity contribution in [2.24, 2.45) is 11.8 Å². The SMILES string of the molecule is C=CCCOC(=O)[C@@H]1[C@H]2C(=O)N(CCO)C(C(=O)N(CC=C)CCCCC)C23CC[C@@]1(C)S3. The molecule has 0 aromatic rings. The van der Waals surface area contributed by atoms with E-state index in [2.05, 4.69) is 20.1 Å². The number of aliphatic hydroxyl groups is 1. The Bertz CT molecular complexity index is 789. The third-order valence-corrected chi connectivity index (χ3v) is 9.35. The summed E-state index contributed by atoms with van der Waals surface area (Å²) in [6.45, 7) is 12.7. The summed E-state index contributed by atoms with van der Waals surface area (Å²) in [6, 6.07) is -0.693. The number of aliphatic hydroxyl groups excluding tert-OH is 1. The number of hydrogen-bond acceptors (Lipinski definition) is 6. The largest absolute Gasteiger partial charge is 0.465 e. The van der Waals surface area contributed by atoms with E-state index < -0.39 is 27.4 Å². The van der Waals surface area contributed by atoms with Crippen LogP contribution in [0.4, 0.5) is 0 Å². The number of amides is 2. The fraction of sp³-hybridized carbons (Fsp3) is 0.720. The maximum absolute atomic E-state index is 13.9. The van der Waals surface area contributed by atoms with Crippen molar-refractivity contribution in [2.45, 2.75) is 67.9 Å². The molecule has 8 heteroatoms. The average molecular weight is 479 g/mol. The number of esters is 1. The number of nitrogens with zero attached hydrogens (tertiary/aromatic N) is 2. The molecule has 0 saturated carbocycles. The second-order valence-electron chi connectivity index (χ2n) is 9.51. The fourth-order valence-corrected chi connectivity index (χ4v) is 8.26. The minimum absolute atomic E-state index is 0.0832. The van der Waals surface area contributed by atoms with Gasteiger partial charge >= 0.3 is 5.97 Å². The van der Waals surface area contributed by atoms with Gasteiger partial charge in [0.25, 0.3) is 0 Å². The van der Waals surface area contributed by atoms with Gasteiger partial charge in [-0.3, -0.25) is 14.4 Å². The number of carbonyl (C=O) groups excluding carboxylic acids is 3. The van der Waals surface area contributed by atoms with E-state index in [1.807, 2.05) is 6.92 Å². The number of carbonyl (C=O) groups is 3. The summed E-state index contributed by atoms with van der Waals surface area (Å²) in [5.74, 6) is -1.89. The van der Waals surface area contributed by atoms with Gasteiger partial charge in [-0.1, -0.05) is 31.9 Å². The minimum atomic E-state index is -0.693. The summed E-state index contributed by atoms with van der Waals surface area (Å²) in [4.78, 5) is 44.1. The number of hydrogen-bond donors (Lipinski definition) is 1. The van der Waals surface area contributed by atoms with Crippen LogP contribution in [0.5, 0.6) is 0 Å². The van der Waals surface area contributed by atoms with E-state index in [0.717, 1.165) is 25.7 Å². The number of likely N-dealkylation sites (tertiary alicyclic amines) is 1. The van der Waals surface area contributed by atoms with Crippen molar-refractivity contribution >= 4 is 29.5 Å². The van der Waals surface area contributed by atoms with Crippen LogP contribution in [0.3, 0.4) is 0 Å². The lowest BCUT2D eigenvalue weighted by molar-refractivity contribution is -0.155. The molecule has 2 unspecified atom stereocenters. The van der Waals surface area contributed by atoms with Crippen molar-refractivity contribution in [3.8, 4) is 0 Å². The van der Waals surface area contributed by atoms with Crippen molar-refractivity contribution in [3.05, 3.63) is 25.3 Å². The normalized spacial score (nSPS) is 32.0. The van der Waals surface area contributed by atoms with E-state index in [-0.39, 0.29) is 37.5 Å². The molecule has 0 aliphatic carbocycles. The summed E-state index contributed by atoms with van der Waals surface area (Å²) in [6.07, 6.45) is 8.35. The predicted octanol–water partition coefficient (Wildman–Crippen LogP) is 2.78. The Morgan fingerprint density at radius 3 is 2.70 bits per heavy atom. The Balaban J connectivity index is 1.95. The number of fused-ring (bicyclic) bond motifs is 1. The first-order chi connectivity index (χ1) is 15.8. The van der Waals surface area contributed by atoms with Gasteiger partial charge in [0.2, 0.25) is 11.8 Å². The average Bonchev–Trinajstić information content (AvgIpc) is 3.34. The lowest BCUT2D eigenvalue weighted by Crippen LogP contribution is -2.55. The highest BCUT2D eigenvalue weighted by atomic mass is 32.2. The van der Waals surface area contributed by atoms with Crippen molar-refractivity contribution < 1.29 is 24.2 Å². The maximum atomic E-state index is 13.9. The summed E-state index contributed by atoms with van der Waals surface area (Å²) in [5, 5.41) is 9.72. The van der Waals surface area contributed by atoms with Crippen LogP contribution in [0.1, 0.15) is 52.4 Å². The first-order valence-electron chi connectivity index (χ1n) is 12.1. The molecule has 3 aliphatic heterocycles. The van der Waals surface area contributed by atoms with Crippen molar-refractivity contribution in [1.82, 2.24) is 9.80 Å². The van der Waals surface area contributed by atoms with E-state index in [1.54, 1.807) is 28.8 Å². The first-order valence-corrected chi connectivity index (χ1v) is 12.9. The highest BCUT2D eigenvalue weighted by Gasteiger charge is 2.77. The van der Waals surface area contributed by atoms with Crippen molar-refractivity contribution in [1.29, 1.82) is 0 Å².